The zero-order valence-electron chi connectivity index (χ0n) is 18.0. The third-order valence-corrected chi connectivity index (χ3v) is 6.19. The zero-order valence-corrected chi connectivity index (χ0v) is 18.0. The lowest BCUT2D eigenvalue weighted by atomic mass is 9.62. The average molecular weight is 429 g/mol. The van der Waals surface area contributed by atoms with Gasteiger partial charge < -0.3 is 14.1 Å². The van der Waals surface area contributed by atoms with E-state index in [2.05, 4.69) is 0 Å². The molecule has 0 saturated heterocycles. The van der Waals surface area contributed by atoms with Crippen molar-refractivity contribution in [3.63, 3.8) is 0 Å². The lowest BCUT2D eigenvalue weighted by Crippen LogP contribution is -2.44. The topological polar surface area (TPSA) is 48.3 Å². The van der Waals surface area contributed by atoms with Gasteiger partial charge in [-0.25, -0.2) is 4.39 Å². The number of hydrogen-bond acceptors (Lipinski definition) is 3. The fourth-order valence-electron chi connectivity index (χ4n) is 4.79. The number of aryl methyl sites for hydroxylation is 1. The number of benzene rings is 3. The quantitative estimate of drug-likeness (QED) is 0.302. The first-order chi connectivity index (χ1) is 15.5. The maximum Gasteiger partial charge on any atom is 0.321 e. The Kier molecular flexibility index (Phi) is 5.91. The number of aldehydes is 1. The summed E-state index contributed by atoms with van der Waals surface area (Å²) < 4.78 is 21.3. The Bertz CT molecular complexity index is 1250. The second-order valence-corrected chi connectivity index (χ2v) is 7.84. The van der Waals surface area contributed by atoms with Gasteiger partial charge in [-0.2, -0.15) is 0 Å². The van der Waals surface area contributed by atoms with Gasteiger partial charge in [-0.3, -0.25) is 4.79 Å². The summed E-state index contributed by atoms with van der Waals surface area (Å²) in [7, 11) is 3.25. The summed E-state index contributed by atoms with van der Waals surface area (Å²) in [6.07, 6.45) is 2.81. The molecule has 0 bridgehead atoms. The lowest BCUT2D eigenvalue weighted by molar-refractivity contribution is -0.146. The molecule has 32 heavy (non-hydrogen) atoms. The molecule has 2 atom stereocenters. The number of esters is 1. The van der Waals surface area contributed by atoms with Gasteiger partial charge in [0, 0.05) is 36.5 Å². The minimum atomic E-state index is -1.37. The lowest BCUT2D eigenvalue weighted by Gasteiger charge is -2.38. The number of methoxy groups -OCH3 is 1. The number of nitrogens with zero attached hydrogens (tertiary/aromatic N) is 1. The molecule has 0 saturated carbocycles. The molecule has 0 amide bonds. The van der Waals surface area contributed by atoms with Crippen LogP contribution in [-0.4, -0.2) is 23.9 Å². The third kappa shape index (κ3) is 3.40. The van der Waals surface area contributed by atoms with E-state index in [4.69, 9.17) is 4.74 Å². The molecule has 0 spiro atoms. The molecular weight excluding hydrogens is 405 g/mol. The summed E-state index contributed by atoms with van der Waals surface area (Å²) in [4.78, 5) is 25.7. The minimum Gasteiger partial charge on any atom is -0.468 e. The second kappa shape index (κ2) is 8.79. The number of rotatable bonds is 7. The van der Waals surface area contributed by atoms with Crippen molar-refractivity contribution in [1.29, 1.82) is 0 Å². The molecule has 5 heteroatoms. The van der Waals surface area contributed by atoms with E-state index in [-0.39, 0.29) is 6.42 Å². The molecule has 0 fully saturated rings. The molecule has 4 aromatic rings. The molecule has 0 radical (unpaired) electrons. The van der Waals surface area contributed by atoms with Crippen LogP contribution in [0.25, 0.3) is 10.9 Å². The highest BCUT2D eigenvalue weighted by atomic mass is 19.1. The Morgan fingerprint density at radius 1 is 1.03 bits per heavy atom. The smallest absolute Gasteiger partial charge is 0.321 e. The average Bonchev–Trinajstić information content (AvgIpc) is 3.17. The maximum absolute atomic E-state index is 13.9. The Morgan fingerprint density at radius 3 is 2.34 bits per heavy atom. The number of carbonyl (C=O) groups excluding carboxylic acids is 2. The van der Waals surface area contributed by atoms with Crippen molar-refractivity contribution in [2.45, 2.75) is 17.8 Å². The molecule has 0 unspecified atom stereocenters. The molecule has 0 aliphatic rings. The number of carbonyl (C=O) groups is 2. The minimum absolute atomic E-state index is 0.0830. The van der Waals surface area contributed by atoms with Crippen LogP contribution in [0, 0.1) is 5.82 Å². The van der Waals surface area contributed by atoms with Crippen molar-refractivity contribution < 1.29 is 18.7 Å². The monoisotopic (exact) mass is 429 g/mol. The van der Waals surface area contributed by atoms with Crippen LogP contribution >= 0.6 is 0 Å². The summed E-state index contributed by atoms with van der Waals surface area (Å²) >= 11 is 0. The van der Waals surface area contributed by atoms with Crippen LogP contribution in [0.4, 0.5) is 4.39 Å². The predicted octanol–water partition coefficient (Wildman–Crippen LogP) is 5.15. The van der Waals surface area contributed by atoms with Crippen molar-refractivity contribution in [3.8, 4) is 0 Å². The highest BCUT2D eigenvalue weighted by Crippen LogP contribution is 2.49. The van der Waals surface area contributed by atoms with Gasteiger partial charge in [0.05, 0.1) is 7.11 Å². The van der Waals surface area contributed by atoms with E-state index < -0.39 is 23.1 Å². The molecule has 0 aliphatic heterocycles. The van der Waals surface area contributed by atoms with E-state index in [9.17, 15) is 14.0 Å². The van der Waals surface area contributed by atoms with Gasteiger partial charge in [0.1, 0.15) is 17.5 Å². The highest BCUT2D eigenvalue weighted by molar-refractivity contribution is 5.97. The van der Waals surface area contributed by atoms with Gasteiger partial charge in [0.2, 0.25) is 0 Å². The summed E-state index contributed by atoms with van der Waals surface area (Å²) in [5.74, 6) is -1.47. The number of aromatic nitrogens is 1. The molecule has 4 nitrogen and oxygen atoms in total. The first-order valence-electron chi connectivity index (χ1n) is 10.4. The molecule has 0 N–H and O–H groups in total. The van der Waals surface area contributed by atoms with Gasteiger partial charge in [-0.05, 0) is 34.9 Å². The number of halogens is 1. The van der Waals surface area contributed by atoms with Crippen LogP contribution in [-0.2, 0) is 26.8 Å². The van der Waals surface area contributed by atoms with Crippen molar-refractivity contribution in [2.24, 2.45) is 7.05 Å². The molecule has 162 valence electrons. The first-order valence-corrected chi connectivity index (χ1v) is 10.4. The van der Waals surface area contributed by atoms with Crippen molar-refractivity contribution in [3.05, 3.63) is 108 Å². The summed E-state index contributed by atoms with van der Waals surface area (Å²) in [6.45, 7) is 0. The Balaban J connectivity index is 2.16. The van der Waals surface area contributed by atoms with Gasteiger partial charge in [-0.1, -0.05) is 60.7 Å². The number of ether oxygens (including phenoxy) is 1. The maximum atomic E-state index is 13.9. The second-order valence-electron chi connectivity index (χ2n) is 7.84. The van der Waals surface area contributed by atoms with Crippen LogP contribution in [0.15, 0.2) is 85.1 Å². The highest BCUT2D eigenvalue weighted by Gasteiger charge is 2.51. The molecule has 4 rings (SSSR count). The van der Waals surface area contributed by atoms with E-state index in [0.29, 0.717) is 11.1 Å². The molecule has 1 aromatic heterocycles. The Labute approximate surface area is 186 Å². The summed E-state index contributed by atoms with van der Waals surface area (Å²) in [6, 6.07) is 23.1. The van der Waals surface area contributed by atoms with Crippen molar-refractivity contribution in [2.75, 3.05) is 7.11 Å². The molecular formula is C27H24FNO3. The van der Waals surface area contributed by atoms with E-state index in [0.717, 1.165) is 22.8 Å². The van der Waals surface area contributed by atoms with Crippen LogP contribution in [0.3, 0.4) is 0 Å². The SMILES string of the molecule is COC(=O)[C@](c1ccc(F)cc1)(c1cn(C)c2ccccc12)[C@@H](CC=O)c1ccccc1. The van der Waals surface area contributed by atoms with Crippen molar-refractivity contribution in [1.82, 2.24) is 4.57 Å². The normalized spacial score (nSPS) is 14.0. The van der Waals surface area contributed by atoms with Gasteiger partial charge in [0.25, 0.3) is 0 Å². The van der Waals surface area contributed by atoms with Crippen molar-refractivity contribution >= 4 is 23.2 Å². The first kappa shape index (κ1) is 21.5. The van der Waals surface area contributed by atoms with Gasteiger partial charge >= 0.3 is 5.97 Å². The van der Waals surface area contributed by atoms with Crippen LogP contribution in [0.5, 0.6) is 0 Å². The van der Waals surface area contributed by atoms with Crippen LogP contribution in [0.2, 0.25) is 0 Å². The molecule has 0 aliphatic carbocycles. The predicted molar refractivity (Wildman–Crippen MR) is 122 cm³/mol. The number of fused-ring (bicyclic) bond motifs is 1. The fraction of sp³-hybridized carbons (Fsp3) is 0.185. The largest absolute Gasteiger partial charge is 0.468 e. The molecule has 1 heterocycles. The fourth-order valence-corrected chi connectivity index (χ4v) is 4.79. The van der Waals surface area contributed by atoms with Gasteiger partial charge in [0.15, 0.2) is 0 Å². The standard InChI is InChI=1S/C27H24FNO3/c1-29-18-24(22-10-6-7-11-25(22)29)27(26(31)32-2,20-12-14-21(28)15-13-20)23(16-17-30)19-8-4-3-5-9-19/h3-15,17-18,23H,16H2,1-2H3/t23-,27-/m0/s1. The Hall–Kier alpha value is -3.73. The molecule has 3 aromatic carbocycles. The summed E-state index contributed by atoms with van der Waals surface area (Å²) in [5.41, 5.74) is 1.67. The van der Waals surface area contributed by atoms with Crippen LogP contribution in [0.1, 0.15) is 29.0 Å². The zero-order chi connectivity index (χ0) is 22.7. The van der Waals surface area contributed by atoms with Crippen LogP contribution < -0.4 is 0 Å². The Morgan fingerprint density at radius 2 is 1.69 bits per heavy atom. The van der Waals surface area contributed by atoms with Gasteiger partial charge in [-0.15, -0.1) is 0 Å². The number of para-hydroxylation sites is 1. The summed E-state index contributed by atoms with van der Waals surface area (Å²) in [5, 5.41) is 0.872. The van der Waals surface area contributed by atoms with E-state index >= 15 is 0 Å². The van der Waals surface area contributed by atoms with E-state index in [1.807, 2.05) is 72.4 Å². The number of hydrogen-bond donors (Lipinski definition) is 0. The third-order valence-electron chi connectivity index (χ3n) is 6.19. The van der Waals surface area contributed by atoms with E-state index in [1.165, 1.54) is 19.2 Å². The van der Waals surface area contributed by atoms with E-state index in [1.54, 1.807) is 12.1 Å².